The maximum Gasteiger partial charge on any atom is 0.253 e. The Balaban J connectivity index is 1.38. The van der Waals surface area contributed by atoms with Gasteiger partial charge < -0.3 is 15.1 Å². The zero-order valence-corrected chi connectivity index (χ0v) is 15.3. The van der Waals surface area contributed by atoms with Gasteiger partial charge >= 0.3 is 0 Å². The van der Waals surface area contributed by atoms with Crippen molar-refractivity contribution in [2.45, 2.75) is 18.9 Å². The van der Waals surface area contributed by atoms with E-state index >= 15 is 0 Å². The SMILES string of the molecule is O=C1CCc2cc(C(=O)N3CCN(C(=O)C4CSCN4)CC3)ccc2N1. The van der Waals surface area contributed by atoms with Crippen LogP contribution in [0.4, 0.5) is 5.69 Å². The van der Waals surface area contributed by atoms with Gasteiger partial charge in [0.15, 0.2) is 0 Å². The number of piperazine rings is 1. The van der Waals surface area contributed by atoms with Crippen LogP contribution in [0.1, 0.15) is 22.3 Å². The smallest absolute Gasteiger partial charge is 0.253 e. The number of carbonyl (C=O) groups excluding carboxylic acids is 3. The molecule has 3 heterocycles. The van der Waals surface area contributed by atoms with Crippen molar-refractivity contribution in [3.05, 3.63) is 29.3 Å². The van der Waals surface area contributed by atoms with Crippen molar-refractivity contribution in [2.75, 3.05) is 43.1 Å². The molecule has 0 bridgehead atoms. The van der Waals surface area contributed by atoms with Gasteiger partial charge in [0.05, 0.1) is 6.04 Å². The average Bonchev–Trinajstić information content (AvgIpc) is 3.21. The van der Waals surface area contributed by atoms with E-state index in [0.29, 0.717) is 44.6 Å². The summed E-state index contributed by atoms with van der Waals surface area (Å²) in [7, 11) is 0. The van der Waals surface area contributed by atoms with Crippen molar-refractivity contribution in [1.29, 1.82) is 0 Å². The second-order valence-corrected chi connectivity index (χ2v) is 7.84. The molecule has 0 aliphatic carbocycles. The topological polar surface area (TPSA) is 81.8 Å². The molecular weight excluding hydrogens is 352 g/mol. The molecule has 2 fully saturated rings. The van der Waals surface area contributed by atoms with Crippen molar-refractivity contribution in [1.82, 2.24) is 15.1 Å². The van der Waals surface area contributed by atoms with Gasteiger partial charge in [-0.25, -0.2) is 0 Å². The predicted octanol–water partition coefficient (Wildman–Crippen LogP) is 0.518. The second kappa shape index (κ2) is 7.28. The molecule has 7 nitrogen and oxygen atoms in total. The maximum absolute atomic E-state index is 12.8. The molecule has 1 aromatic rings. The van der Waals surface area contributed by atoms with Gasteiger partial charge in [-0.1, -0.05) is 0 Å². The third-order valence-corrected chi connectivity index (χ3v) is 6.08. The molecule has 1 atom stereocenters. The summed E-state index contributed by atoms with van der Waals surface area (Å²) in [5.74, 6) is 1.81. The molecule has 138 valence electrons. The van der Waals surface area contributed by atoms with E-state index in [1.165, 1.54) is 0 Å². The molecule has 8 heteroatoms. The van der Waals surface area contributed by atoms with Gasteiger partial charge in [-0.3, -0.25) is 19.7 Å². The van der Waals surface area contributed by atoms with Crippen LogP contribution in [0.3, 0.4) is 0 Å². The minimum absolute atomic E-state index is 0.00801. The lowest BCUT2D eigenvalue weighted by molar-refractivity contribution is -0.134. The first-order chi connectivity index (χ1) is 12.6. The number of nitrogens with zero attached hydrogens (tertiary/aromatic N) is 2. The Morgan fingerprint density at radius 1 is 1.08 bits per heavy atom. The van der Waals surface area contributed by atoms with Crippen molar-refractivity contribution >= 4 is 35.2 Å². The number of amides is 3. The molecule has 2 saturated heterocycles. The Kier molecular flexibility index (Phi) is 4.86. The number of thioether (sulfide) groups is 1. The number of anilines is 1. The Morgan fingerprint density at radius 3 is 2.58 bits per heavy atom. The summed E-state index contributed by atoms with van der Waals surface area (Å²) in [5, 5.41) is 6.04. The molecule has 3 aliphatic rings. The van der Waals surface area contributed by atoms with E-state index in [9.17, 15) is 14.4 Å². The van der Waals surface area contributed by atoms with Crippen molar-refractivity contribution < 1.29 is 14.4 Å². The first kappa shape index (κ1) is 17.4. The van der Waals surface area contributed by atoms with E-state index in [1.807, 2.05) is 21.9 Å². The molecule has 3 amide bonds. The van der Waals surface area contributed by atoms with Crippen molar-refractivity contribution in [3.63, 3.8) is 0 Å². The van der Waals surface area contributed by atoms with Crippen molar-refractivity contribution in [2.24, 2.45) is 0 Å². The Morgan fingerprint density at radius 2 is 1.85 bits per heavy atom. The molecule has 1 aromatic carbocycles. The van der Waals surface area contributed by atoms with E-state index in [0.717, 1.165) is 22.9 Å². The highest BCUT2D eigenvalue weighted by molar-refractivity contribution is 7.99. The summed E-state index contributed by atoms with van der Waals surface area (Å²) in [6.07, 6.45) is 1.12. The molecule has 4 rings (SSSR count). The van der Waals surface area contributed by atoms with Crippen LogP contribution in [0.5, 0.6) is 0 Å². The molecule has 0 aromatic heterocycles. The van der Waals surface area contributed by atoms with Gasteiger partial charge in [0.1, 0.15) is 0 Å². The number of rotatable bonds is 2. The molecule has 1 unspecified atom stereocenters. The van der Waals surface area contributed by atoms with Crippen LogP contribution in [-0.2, 0) is 16.0 Å². The minimum Gasteiger partial charge on any atom is -0.338 e. The van der Waals surface area contributed by atoms with E-state index in [1.54, 1.807) is 17.8 Å². The maximum atomic E-state index is 12.8. The third kappa shape index (κ3) is 3.43. The van der Waals surface area contributed by atoms with Crippen molar-refractivity contribution in [3.8, 4) is 0 Å². The molecule has 0 saturated carbocycles. The van der Waals surface area contributed by atoms with Gasteiger partial charge in [0, 0.05) is 55.5 Å². The summed E-state index contributed by atoms with van der Waals surface area (Å²) in [4.78, 5) is 40.4. The van der Waals surface area contributed by atoms with Crippen LogP contribution < -0.4 is 10.6 Å². The van der Waals surface area contributed by atoms with E-state index < -0.39 is 0 Å². The van der Waals surface area contributed by atoms with Crippen LogP contribution in [0, 0.1) is 0 Å². The fourth-order valence-corrected chi connectivity index (χ4v) is 4.54. The minimum atomic E-state index is -0.0851. The molecular formula is C18H22N4O3S. The summed E-state index contributed by atoms with van der Waals surface area (Å²) in [6, 6.07) is 5.37. The predicted molar refractivity (Wildman–Crippen MR) is 100 cm³/mol. The Bertz CT molecular complexity index is 740. The highest BCUT2D eigenvalue weighted by Gasteiger charge is 2.31. The van der Waals surface area contributed by atoms with E-state index in [4.69, 9.17) is 0 Å². The Hall–Kier alpha value is -2.06. The molecule has 0 spiro atoms. The number of nitrogens with one attached hydrogen (secondary N) is 2. The number of hydrogen-bond acceptors (Lipinski definition) is 5. The van der Waals surface area contributed by atoms with Gasteiger partial charge in [0.25, 0.3) is 5.91 Å². The van der Waals surface area contributed by atoms with Crippen LogP contribution in [0.2, 0.25) is 0 Å². The van der Waals surface area contributed by atoms with Crippen LogP contribution in [0.25, 0.3) is 0 Å². The molecule has 3 aliphatic heterocycles. The monoisotopic (exact) mass is 374 g/mol. The first-order valence-corrected chi connectivity index (χ1v) is 10.1. The average molecular weight is 374 g/mol. The summed E-state index contributed by atoms with van der Waals surface area (Å²) < 4.78 is 0. The van der Waals surface area contributed by atoms with E-state index in [2.05, 4.69) is 10.6 Å². The van der Waals surface area contributed by atoms with Gasteiger partial charge in [-0.2, -0.15) is 0 Å². The largest absolute Gasteiger partial charge is 0.338 e. The summed E-state index contributed by atoms with van der Waals surface area (Å²) in [6.45, 7) is 2.26. The second-order valence-electron chi connectivity index (χ2n) is 6.81. The summed E-state index contributed by atoms with van der Waals surface area (Å²) >= 11 is 1.74. The zero-order chi connectivity index (χ0) is 18.1. The normalized spacial score (nSPS) is 22.8. The number of carbonyl (C=O) groups is 3. The lowest BCUT2D eigenvalue weighted by Crippen LogP contribution is -2.54. The van der Waals surface area contributed by atoms with Gasteiger partial charge in [0.2, 0.25) is 11.8 Å². The highest BCUT2D eigenvalue weighted by atomic mass is 32.2. The zero-order valence-electron chi connectivity index (χ0n) is 14.5. The number of benzene rings is 1. The lowest BCUT2D eigenvalue weighted by Gasteiger charge is -2.36. The number of hydrogen-bond donors (Lipinski definition) is 2. The summed E-state index contributed by atoms with van der Waals surface area (Å²) in [5.41, 5.74) is 2.46. The highest BCUT2D eigenvalue weighted by Crippen LogP contribution is 2.24. The molecule has 26 heavy (non-hydrogen) atoms. The standard InChI is InChI=1S/C18H22N4O3S/c23-16-4-2-12-9-13(1-3-14(12)20-16)17(24)21-5-7-22(8-6-21)18(25)15-10-26-11-19-15/h1,3,9,15,19H,2,4-8,10-11H2,(H,20,23). The fraction of sp³-hybridized carbons (Fsp3) is 0.500. The van der Waals surface area contributed by atoms with E-state index in [-0.39, 0.29) is 23.8 Å². The van der Waals surface area contributed by atoms with Gasteiger partial charge in [-0.05, 0) is 30.2 Å². The lowest BCUT2D eigenvalue weighted by atomic mass is 10.00. The quantitative estimate of drug-likeness (QED) is 0.789. The Labute approximate surface area is 156 Å². The molecule has 2 N–H and O–H groups in total. The first-order valence-electron chi connectivity index (χ1n) is 8.94. The number of fused-ring (bicyclic) bond motifs is 1. The third-order valence-electron chi connectivity index (χ3n) is 5.14. The van der Waals surface area contributed by atoms with Crippen LogP contribution in [-0.4, -0.2) is 71.4 Å². The van der Waals surface area contributed by atoms with Crippen LogP contribution >= 0.6 is 11.8 Å². The number of aryl methyl sites for hydroxylation is 1. The van der Waals surface area contributed by atoms with Crippen LogP contribution in [0.15, 0.2) is 18.2 Å². The molecule has 0 radical (unpaired) electrons. The van der Waals surface area contributed by atoms with Gasteiger partial charge in [-0.15, -0.1) is 11.8 Å². The fourth-order valence-electron chi connectivity index (χ4n) is 3.60.